The standard InChI is InChI=1S/C23H20F2N8O/c24-19(25)20-28-17-3-1-2-4-18(17)33(20)23-30-21(29-22(31-23)32-9-11-34-12-10-32)27-15-5-6-16-14(13-15)7-8-26-16/h1-8,13,19,26H,9-12H2,(H,27,29,30,31). The lowest BCUT2D eigenvalue weighted by Crippen LogP contribution is -2.37. The van der Waals surface area contributed by atoms with Crippen molar-refractivity contribution >= 4 is 39.5 Å². The molecule has 3 aromatic heterocycles. The predicted molar refractivity (Wildman–Crippen MR) is 124 cm³/mol. The highest BCUT2D eigenvalue weighted by Gasteiger charge is 2.24. The van der Waals surface area contributed by atoms with Crippen LogP contribution in [0.2, 0.25) is 0 Å². The van der Waals surface area contributed by atoms with Crippen molar-refractivity contribution in [3.05, 3.63) is 60.6 Å². The van der Waals surface area contributed by atoms with Crippen LogP contribution in [-0.2, 0) is 4.74 Å². The molecule has 2 aromatic carbocycles. The molecule has 0 unspecified atom stereocenters. The highest BCUT2D eigenvalue weighted by molar-refractivity contribution is 5.83. The van der Waals surface area contributed by atoms with Gasteiger partial charge in [0.05, 0.1) is 24.2 Å². The third-order valence-corrected chi connectivity index (χ3v) is 5.70. The summed E-state index contributed by atoms with van der Waals surface area (Å²) in [5, 5.41) is 4.23. The topological polar surface area (TPSA) is 96.8 Å². The molecule has 4 heterocycles. The summed E-state index contributed by atoms with van der Waals surface area (Å²) in [4.78, 5) is 22.9. The molecule has 34 heavy (non-hydrogen) atoms. The number of benzene rings is 2. The van der Waals surface area contributed by atoms with Gasteiger partial charge in [-0.2, -0.15) is 15.0 Å². The van der Waals surface area contributed by atoms with Crippen LogP contribution in [0.5, 0.6) is 0 Å². The fourth-order valence-electron chi connectivity index (χ4n) is 4.08. The Hall–Kier alpha value is -4.12. The third-order valence-electron chi connectivity index (χ3n) is 5.70. The van der Waals surface area contributed by atoms with Gasteiger partial charge < -0.3 is 19.9 Å². The van der Waals surface area contributed by atoms with E-state index in [4.69, 9.17) is 4.74 Å². The van der Waals surface area contributed by atoms with Crippen molar-refractivity contribution in [1.82, 2.24) is 29.5 Å². The first-order valence-electron chi connectivity index (χ1n) is 10.8. The van der Waals surface area contributed by atoms with E-state index in [9.17, 15) is 8.78 Å². The molecule has 5 aromatic rings. The van der Waals surface area contributed by atoms with Gasteiger partial charge in [0.2, 0.25) is 17.8 Å². The molecule has 0 radical (unpaired) electrons. The van der Waals surface area contributed by atoms with E-state index < -0.39 is 12.2 Å². The first-order valence-corrected chi connectivity index (χ1v) is 10.8. The fourth-order valence-corrected chi connectivity index (χ4v) is 4.08. The molecule has 0 atom stereocenters. The maximum atomic E-state index is 14.0. The number of H-pyrrole nitrogens is 1. The van der Waals surface area contributed by atoms with Crippen LogP contribution in [0.15, 0.2) is 54.7 Å². The van der Waals surface area contributed by atoms with Crippen molar-refractivity contribution < 1.29 is 13.5 Å². The number of alkyl halides is 2. The summed E-state index contributed by atoms with van der Waals surface area (Å²) in [6.07, 6.45) is -0.939. The Morgan fingerprint density at radius 2 is 1.76 bits per heavy atom. The third kappa shape index (κ3) is 3.69. The zero-order chi connectivity index (χ0) is 23.1. The number of anilines is 3. The number of aromatic amines is 1. The molecule has 11 heteroatoms. The number of imidazole rings is 1. The number of nitrogens with one attached hydrogen (secondary N) is 2. The van der Waals surface area contributed by atoms with Gasteiger partial charge in [0.15, 0.2) is 5.82 Å². The van der Waals surface area contributed by atoms with Gasteiger partial charge in [-0.25, -0.2) is 13.8 Å². The first kappa shape index (κ1) is 20.5. The minimum absolute atomic E-state index is 0.0747. The van der Waals surface area contributed by atoms with E-state index in [0.29, 0.717) is 43.3 Å². The minimum atomic E-state index is -2.80. The van der Waals surface area contributed by atoms with Gasteiger partial charge in [0, 0.05) is 35.9 Å². The summed E-state index contributed by atoms with van der Waals surface area (Å²) in [5.74, 6) is 0.293. The average molecular weight is 462 g/mol. The van der Waals surface area contributed by atoms with Crippen LogP contribution < -0.4 is 10.2 Å². The second-order valence-electron chi connectivity index (χ2n) is 7.86. The number of morpholine rings is 1. The van der Waals surface area contributed by atoms with Crippen LogP contribution in [0, 0.1) is 0 Å². The summed E-state index contributed by atoms with van der Waals surface area (Å²) < 4.78 is 34.7. The monoisotopic (exact) mass is 462 g/mol. The van der Waals surface area contributed by atoms with E-state index >= 15 is 0 Å². The molecule has 0 saturated carbocycles. The Morgan fingerprint density at radius 1 is 0.941 bits per heavy atom. The number of para-hydroxylation sites is 2. The van der Waals surface area contributed by atoms with Gasteiger partial charge in [-0.3, -0.25) is 4.57 Å². The van der Waals surface area contributed by atoms with Crippen molar-refractivity contribution in [2.24, 2.45) is 0 Å². The SMILES string of the molecule is FC(F)c1nc2ccccc2n1-c1nc(Nc2ccc3[nH]ccc3c2)nc(N2CCOCC2)n1. The van der Waals surface area contributed by atoms with Crippen LogP contribution in [0.25, 0.3) is 27.9 Å². The van der Waals surface area contributed by atoms with E-state index in [0.717, 1.165) is 16.6 Å². The van der Waals surface area contributed by atoms with Gasteiger partial charge in [-0.15, -0.1) is 0 Å². The molecule has 1 saturated heterocycles. The van der Waals surface area contributed by atoms with Crippen molar-refractivity contribution in [3.63, 3.8) is 0 Å². The Bertz CT molecular complexity index is 1470. The molecule has 1 fully saturated rings. The number of hydrogen-bond acceptors (Lipinski definition) is 7. The van der Waals surface area contributed by atoms with E-state index in [1.165, 1.54) is 4.57 Å². The quantitative estimate of drug-likeness (QED) is 0.404. The number of rotatable bonds is 5. The number of hydrogen-bond donors (Lipinski definition) is 2. The van der Waals surface area contributed by atoms with Gasteiger partial charge >= 0.3 is 0 Å². The van der Waals surface area contributed by atoms with Crippen molar-refractivity contribution in [2.75, 3.05) is 36.5 Å². The van der Waals surface area contributed by atoms with Crippen LogP contribution in [0.3, 0.4) is 0 Å². The number of fused-ring (bicyclic) bond motifs is 2. The van der Waals surface area contributed by atoms with Crippen LogP contribution in [0.4, 0.5) is 26.4 Å². The number of nitrogens with zero attached hydrogens (tertiary/aromatic N) is 6. The average Bonchev–Trinajstić information content (AvgIpc) is 3.49. The Labute approximate surface area is 192 Å². The van der Waals surface area contributed by atoms with E-state index in [-0.39, 0.29) is 11.9 Å². The molecular weight excluding hydrogens is 442 g/mol. The van der Waals surface area contributed by atoms with Gasteiger partial charge in [0.1, 0.15) is 0 Å². The molecule has 172 valence electrons. The lowest BCUT2D eigenvalue weighted by atomic mass is 10.2. The Balaban J connectivity index is 1.49. The van der Waals surface area contributed by atoms with E-state index in [1.54, 1.807) is 24.3 Å². The molecule has 0 spiro atoms. The molecular formula is C23H20F2N8O. The zero-order valence-corrected chi connectivity index (χ0v) is 17.9. The Kier molecular flexibility index (Phi) is 5.02. The van der Waals surface area contributed by atoms with Gasteiger partial charge in [0.25, 0.3) is 6.43 Å². The van der Waals surface area contributed by atoms with Crippen molar-refractivity contribution in [2.45, 2.75) is 6.43 Å². The van der Waals surface area contributed by atoms with Crippen molar-refractivity contribution in [3.8, 4) is 5.95 Å². The summed E-state index contributed by atoms with van der Waals surface area (Å²) in [6, 6.07) is 14.7. The normalized spacial score (nSPS) is 14.4. The summed E-state index contributed by atoms with van der Waals surface area (Å²) in [6.45, 7) is 2.24. The summed E-state index contributed by atoms with van der Waals surface area (Å²) in [7, 11) is 0. The number of ether oxygens (including phenoxy) is 1. The largest absolute Gasteiger partial charge is 0.378 e. The zero-order valence-electron chi connectivity index (χ0n) is 17.9. The highest BCUT2D eigenvalue weighted by Crippen LogP contribution is 2.28. The van der Waals surface area contributed by atoms with Crippen LogP contribution in [-0.4, -0.2) is 55.8 Å². The molecule has 9 nitrogen and oxygen atoms in total. The minimum Gasteiger partial charge on any atom is -0.378 e. The highest BCUT2D eigenvalue weighted by atomic mass is 19.3. The van der Waals surface area contributed by atoms with Gasteiger partial charge in [-0.1, -0.05) is 12.1 Å². The lowest BCUT2D eigenvalue weighted by molar-refractivity contribution is 0.122. The molecule has 6 rings (SSSR count). The maximum Gasteiger partial charge on any atom is 0.296 e. The maximum absolute atomic E-state index is 14.0. The van der Waals surface area contributed by atoms with Crippen molar-refractivity contribution in [1.29, 1.82) is 0 Å². The van der Waals surface area contributed by atoms with Gasteiger partial charge in [-0.05, 0) is 36.4 Å². The first-order chi connectivity index (χ1) is 16.7. The van der Waals surface area contributed by atoms with Crippen LogP contribution in [0.1, 0.15) is 12.2 Å². The molecule has 1 aliphatic heterocycles. The molecule has 0 aliphatic carbocycles. The fraction of sp³-hybridized carbons (Fsp3) is 0.217. The van der Waals surface area contributed by atoms with Crippen LogP contribution >= 0.6 is 0 Å². The smallest absolute Gasteiger partial charge is 0.296 e. The molecule has 1 aliphatic rings. The number of halogens is 2. The summed E-state index contributed by atoms with van der Waals surface area (Å²) >= 11 is 0. The second kappa shape index (κ2) is 8.34. The molecule has 0 amide bonds. The molecule has 2 N–H and O–H groups in total. The summed E-state index contributed by atoms with van der Waals surface area (Å²) in [5.41, 5.74) is 2.71. The number of aromatic nitrogens is 6. The predicted octanol–water partition coefficient (Wildman–Crippen LogP) is 4.21. The van der Waals surface area contributed by atoms with E-state index in [1.807, 2.05) is 35.4 Å². The Morgan fingerprint density at radius 3 is 2.62 bits per heavy atom. The second-order valence-corrected chi connectivity index (χ2v) is 7.86. The molecule has 0 bridgehead atoms. The van der Waals surface area contributed by atoms with E-state index in [2.05, 4.69) is 30.2 Å². The lowest BCUT2D eigenvalue weighted by Gasteiger charge is -2.27.